The van der Waals surface area contributed by atoms with E-state index in [1.54, 1.807) is 17.0 Å². The monoisotopic (exact) mass is 440 g/mol. The number of carbonyl (C=O) groups excluding carboxylic acids is 2. The fourth-order valence-corrected chi connectivity index (χ4v) is 4.37. The van der Waals surface area contributed by atoms with Crippen molar-refractivity contribution in [1.29, 1.82) is 0 Å². The maximum atomic E-state index is 13.5. The molecule has 0 spiro atoms. The molecule has 0 aromatic heterocycles. The number of benzene rings is 2. The smallest absolute Gasteiger partial charge is 0.317 e. The van der Waals surface area contributed by atoms with Gasteiger partial charge in [-0.05, 0) is 35.9 Å². The molecule has 5 rings (SSSR count). The Morgan fingerprint density at radius 3 is 2.69 bits per heavy atom. The van der Waals surface area contributed by atoms with E-state index in [9.17, 15) is 14.0 Å². The third-order valence-corrected chi connectivity index (χ3v) is 6.08. The van der Waals surface area contributed by atoms with Crippen molar-refractivity contribution in [3.05, 3.63) is 53.8 Å². The lowest BCUT2D eigenvalue weighted by Gasteiger charge is -2.35. The molecule has 0 aliphatic carbocycles. The third-order valence-electron chi connectivity index (χ3n) is 6.08. The third kappa shape index (κ3) is 4.34. The highest BCUT2D eigenvalue weighted by atomic mass is 19.1. The molecule has 3 heterocycles. The first-order valence-electron chi connectivity index (χ1n) is 10.8. The van der Waals surface area contributed by atoms with Gasteiger partial charge in [0.05, 0.1) is 6.04 Å². The molecule has 8 nitrogen and oxygen atoms in total. The second-order valence-electron chi connectivity index (χ2n) is 8.29. The molecule has 168 valence electrons. The minimum atomic E-state index is -0.388. The first kappa shape index (κ1) is 20.6. The van der Waals surface area contributed by atoms with Gasteiger partial charge < -0.3 is 24.6 Å². The van der Waals surface area contributed by atoms with E-state index in [-0.39, 0.29) is 37.0 Å². The summed E-state index contributed by atoms with van der Waals surface area (Å²) in [4.78, 5) is 30.7. The topological polar surface area (TPSA) is 74.4 Å². The molecule has 9 heteroatoms. The van der Waals surface area contributed by atoms with E-state index in [2.05, 4.69) is 10.2 Å². The van der Waals surface area contributed by atoms with Gasteiger partial charge >= 0.3 is 6.03 Å². The Morgan fingerprint density at radius 2 is 1.88 bits per heavy atom. The molecule has 0 bridgehead atoms. The van der Waals surface area contributed by atoms with Gasteiger partial charge in [0.2, 0.25) is 12.7 Å². The second kappa shape index (κ2) is 8.66. The minimum Gasteiger partial charge on any atom is -0.454 e. The van der Waals surface area contributed by atoms with E-state index in [0.29, 0.717) is 25.3 Å². The van der Waals surface area contributed by atoms with Crippen molar-refractivity contribution < 1.29 is 23.5 Å². The highest BCUT2D eigenvalue weighted by Gasteiger charge is 2.33. The number of amides is 3. The summed E-state index contributed by atoms with van der Waals surface area (Å²) in [6, 6.07) is 11.5. The number of hydrogen-bond acceptors (Lipinski definition) is 5. The Balaban J connectivity index is 1.11. The number of nitrogens with zero attached hydrogens (tertiary/aromatic N) is 3. The van der Waals surface area contributed by atoms with Gasteiger partial charge in [0.1, 0.15) is 5.82 Å². The minimum absolute atomic E-state index is 0.116. The molecule has 0 unspecified atom stereocenters. The number of rotatable bonds is 4. The summed E-state index contributed by atoms with van der Waals surface area (Å²) >= 11 is 0. The molecule has 0 saturated carbocycles. The van der Waals surface area contributed by atoms with Crippen molar-refractivity contribution in [2.75, 3.05) is 44.4 Å². The summed E-state index contributed by atoms with van der Waals surface area (Å²) in [6.07, 6.45) is 0.215. The average Bonchev–Trinajstić information content (AvgIpc) is 3.40. The standard InChI is InChI=1S/C23H25FN4O4/c24-17-2-1-3-19(11-17)28-14-18(12-22(28)29)25-23(30)27-8-6-26(7-9-27)13-16-4-5-20-21(10-16)32-15-31-20/h1-5,10-11,18H,6-9,12-15H2,(H,25,30)/t18-/m0/s1. The van der Waals surface area contributed by atoms with Gasteiger partial charge in [0.25, 0.3) is 0 Å². The van der Waals surface area contributed by atoms with Crippen molar-refractivity contribution in [2.45, 2.75) is 19.0 Å². The number of hydrogen-bond donors (Lipinski definition) is 1. The van der Waals surface area contributed by atoms with Gasteiger partial charge in [-0.3, -0.25) is 9.69 Å². The SMILES string of the molecule is O=C(N[C@H]1CC(=O)N(c2cccc(F)c2)C1)N1CCN(Cc2ccc3c(c2)OCO3)CC1. The normalized spacial score (nSPS) is 20.7. The molecule has 3 aliphatic heterocycles. The zero-order valence-electron chi connectivity index (χ0n) is 17.6. The van der Waals surface area contributed by atoms with Crippen LogP contribution in [0.5, 0.6) is 11.5 Å². The second-order valence-corrected chi connectivity index (χ2v) is 8.29. The summed E-state index contributed by atoms with van der Waals surface area (Å²) < 4.78 is 24.3. The van der Waals surface area contributed by atoms with E-state index in [0.717, 1.165) is 36.7 Å². The highest BCUT2D eigenvalue weighted by Crippen LogP contribution is 2.33. The lowest BCUT2D eigenvalue weighted by molar-refractivity contribution is -0.117. The van der Waals surface area contributed by atoms with Crippen LogP contribution in [0.2, 0.25) is 0 Å². The summed E-state index contributed by atoms with van der Waals surface area (Å²) in [5.41, 5.74) is 1.66. The predicted octanol–water partition coefficient (Wildman–Crippen LogP) is 2.19. The van der Waals surface area contributed by atoms with Crippen LogP contribution in [0.4, 0.5) is 14.9 Å². The summed E-state index contributed by atoms with van der Waals surface area (Å²) in [5.74, 6) is 1.05. The van der Waals surface area contributed by atoms with E-state index < -0.39 is 0 Å². The van der Waals surface area contributed by atoms with Crippen molar-refractivity contribution in [3.8, 4) is 11.5 Å². The number of carbonyl (C=O) groups is 2. The maximum absolute atomic E-state index is 13.5. The number of ether oxygens (including phenoxy) is 2. The van der Waals surface area contributed by atoms with Crippen LogP contribution < -0.4 is 19.7 Å². The van der Waals surface area contributed by atoms with Crippen molar-refractivity contribution in [1.82, 2.24) is 15.1 Å². The fraction of sp³-hybridized carbons (Fsp3) is 0.391. The molecule has 1 atom stereocenters. The number of halogens is 1. The van der Waals surface area contributed by atoms with Gasteiger partial charge in [-0.15, -0.1) is 0 Å². The van der Waals surface area contributed by atoms with Gasteiger partial charge in [-0.2, -0.15) is 0 Å². The molecule has 2 aromatic carbocycles. The summed E-state index contributed by atoms with van der Waals surface area (Å²) in [6.45, 7) is 4.15. The first-order chi connectivity index (χ1) is 15.5. The van der Waals surface area contributed by atoms with E-state index >= 15 is 0 Å². The first-order valence-corrected chi connectivity index (χ1v) is 10.8. The zero-order chi connectivity index (χ0) is 22.1. The van der Waals surface area contributed by atoms with Crippen LogP contribution in [0, 0.1) is 5.82 Å². The van der Waals surface area contributed by atoms with Crippen LogP contribution >= 0.6 is 0 Å². The van der Waals surface area contributed by atoms with E-state index in [1.807, 2.05) is 18.2 Å². The van der Waals surface area contributed by atoms with Crippen LogP contribution in [0.25, 0.3) is 0 Å². The molecule has 0 radical (unpaired) electrons. The van der Waals surface area contributed by atoms with Gasteiger partial charge in [-0.25, -0.2) is 9.18 Å². The average molecular weight is 440 g/mol. The molecule has 3 amide bonds. The molecular formula is C23H25FN4O4. The maximum Gasteiger partial charge on any atom is 0.317 e. The Labute approximate surface area is 185 Å². The quantitative estimate of drug-likeness (QED) is 0.789. The molecule has 2 aromatic rings. The van der Waals surface area contributed by atoms with Crippen molar-refractivity contribution in [3.63, 3.8) is 0 Å². The van der Waals surface area contributed by atoms with Gasteiger partial charge in [-0.1, -0.05) is 12.1 Å². The fourth-order valence-electron chi connectivity index (χ4n) is 4.37. The molecule has 2 fully saturated rings. The van der Waals surface area contributed by atoms with Crippen molar-refractivity contribution in [2.24, 2.45) is 0 Å². The summed E-state index contributed by atoms with van der Waals surface area (Å²) in [7, 11) is 0. The summed E-state index contributed by atoms with van der Waals surface area (Å²) in [5, 5.41) is 2.97. The number of urea groups is 1. The van der Waals surface area contributed by atoms with Crippen LogP contribution in [0.1, 0.15) is 12.0 Å². The van der Waals surface area contributed by atoms with Crippen molar-refractivity contribution >= 4 is 17.6 Å². The lowest BCUT2D eigenvalue weighted by Crippen LogP contribution is -2.53. The molecule has 1 N–H and O–H groups in total. The Morgan fingerprint density at radius 1 is 1.06 bits per heavy atom. The van der Waals surface area contributed by atoms with E-state index in [1.165, 1.54) is 17.0 Å². The van der Waals surface area contributed by atoms with Crippen LogP contribution in [-0.2, 0) is 11.3 Å². The Hall–Kier alpha value is -3.33. The predicted molar refractivity (Wildman–Crippen MR) is 115 cm³/mol. The highest BCUT2D eigenvalue weighted by molar-refractivity contribution is 5.96. The Kier molecular flexibility index (Phi) is 5.57. The number of anilines is 1. The van der Waals surface area contributed by atoms with Gasteiger partial charge in [0, 0.05) is 51.4 Å². The lowest BCUT2D eigenvalue weighted by atomic mass is 10.1. The van der Waals surface area contributed by atoms with Crippen LogP contribution in [-0.4, -0.2) is 67.3 Å². The molecule has 2 saturated heterocycles. The Bertz CT molecular complexity index is 1020. The molecule has 32 heavy (non-hydrogen) atoms. The molecule has 3 aliphatic rings. The zero-order valence-corrected chi connectivity index (χ0v) is 17.6. The number of nitrogens with one attached hydrogen (secondary N) is 1. The number of fused-ring (bicyclic) bond motifs is 1. The van der Waals surface area contributed by atoms with Crippen LogP contribution in [0.3, 0.4) is 0 Å². The number of piperazine rings is 1. The van der Waals surface area contributed by atoms with Gasteiger partial charge in [0.15, 0.2) is 11.5 Å². The molecular weight excluding hydrogens is 415 g/mol. The largest absolute Gasteiger partial charge is 0.454 e. The van der Waals surface area contributed by atoms with E-state index in [4.69, 9.17) is 9.47 Å². The van der Waals surface area contributed by atoms with Crippen LogP contribution in [0.15, 0.2) is 42.5 Å².